The van der Waals surface area contributed by atoms with Crippen molar-refractivity contribution >= 4 is 43.8 Å². The number of carboxylic acids is 1. The van der Waals surface area contributed by atoms with Crippen molar-refractivity contribution < 1.29 is 14.8 Å². The fourth-order valence-corrected chi connectivity index (χ4v) is 3.57. The number of para-hydroxylation sites is 2. The van der Waals surface area contributed by atoms with E-state index in [1.807, 2.05) is 19.1 Å². The van der Waals surface area contributed by atoms with Crippen LogP contribution in [0.2, 0.25) is 0 Å². The molecule has 1 heterocycles. The van der Waals surface area contributed by atoms with Crippen LogP contribution < -0.4 is 5.32 Å². The smallest absolute Gasteiger partial charge is 0.339 e. The van der Waals surface area contributed by atoms with Crippen LogP contribution in [0.25, 0.3) is 10.1 Å². The first-order valence-electron chi connectivity index (χ1n) is 6.74. The highest BCUT2D eigenvalue weighted by atomic mass is 32.1. The van der Waals surface area contributed by atoms with Crippen LogP contribution in [0, 0.1) is 17.0 Å². The summed E-state index contributed by atoms with van der Waals surface area (Å²) in [5.74, 6) is -1.07. The molecule has 0 aliphatic rings. The van der Waals surface area contributed by atoms with Crippen molar-refractivity contribution in [1.82, 2.24) is 0 Å². The Morgan fingerprint density at radius 2 is 2.00 bits per heavy atom. The van der Waals surface area contributed by atoms with Gasteiger partial charge in [-0.15, -0.1) is 11.3 Å². The normalized spacial score (nSPS) is 10.7. The van der Waals surface area contributed by atoms with Crippen LogP contribution in [-0.2, 0) is 0 Å². The van der Waals surface area contributed by atoms with Crippen molar-refractivity contribution in [2.45, 2.75) is 6.92 Å². The van der Waals surface area contributed by atoms with E-state index in [1.54, 1.807) is 24.3 Å². The Balaban J connectivity index is 2.15. The molecule has 7 heteroatoms. The van der Waals surface area contributed by atoms with Crippen LogP contribution in [-0.4, -0.2) is 16.0 Å². The first kappa shape index (κ1) is 15.0. The third-order valence-corrected chi connectivity index (χ3v) is 4.48. The van der Waals surface area contributed by atoms with Gasteiger partial charge in [0.2, 0.25) is 0 Å². The van der Waals surface area contributed by atoms with E-state index in [2.05, 4.69) is 5.32 Å². The summed E-state index contributed by atoms with van der Waals surface area (Å²) in [7, 11) is 0. The van der Waals surface area contributed by atoms with Gasteiger partial charge in [0.05, 0.1) is 4.92 Å². The second-order valence-electron chi connectivity index (χ2n) is 5.01. The third kappa shape index (κ3) is 2.74. The molecule has 3 rings (SSSR count). The van der Waals surface area contributed by atoms with Gasteiger partial charge in [0.15, 0.2) is 0 Å². The van der Waals surface area contributed by atoms with Crippen molar-refractivity contribution in [2.24, 2.45) is 0 Å². The zero-order valence-electron chi connectivity index (χ0n) is 12.1. The molecule has 0 unspecified atom stereocenters. The molecule has 1 aromatic heterocycles. The Bertz CT molecular complexity index is 933. The summed E-state index contributed by atoms with van der Waals surface area (Å²) in [5, 5.41) is 24.5. The van der Waals surface area contributed by atoms with E-state index in [4.69, 9.17) is 0 Å². The van der Waals surface area contributed by atoms with E-state index in [9.17, 15) is 20.0 Å². The molecule has 0 aliphatic heterocycles. The number of fused-ring (bicyclic) bond motifs is 1. The minimum Gasteiger partial charge on any atom is -0.478 e. The van der Waals surface area contributed by atoms with Crippen molar-refractivity contribution in [2.75, 3.05) is 5.32 Å². The highest BCUT2D eigenvalue weighted by Crippen LogP contribution is 2.39. The number of benzene rings is 2. The van der Waals surface area contributed by atoms with Gasteiger partial charge in [-0.3, -0.25) is 10.1 Å². The molecule has 0 saturated heterocycles. The van der Waals surface area contributed by atoms with Crippen molar-refractivity contribution in [3.05, 3.63) is 63.7 Å². The number of rotatable bonds is 4. The minimum absolute atomic E-state index is 0.0996. The highest BCUT2D eigenvalue weighted by molar-refractivity contribution is 7.23. The number of aryl methyl sites for hydroxylation is 1. The summed E-state index contributed by atoms with van der Waals surface area (Å²) in [5.41, 5.74) is 1.32. The van der Waals surface area contributed by atoms with Crippen LogP contribution in [0.5, 0.6) is 0 Å². The number of nitrogens with one attached hydrogen (secondary N) is 1. The standard InChI is InChI=1S/C16H12N2O4S/c1-9-6-7-10-13(8-9)23-15(14(10)16(19)20)17-11-4-2-3-5-12(11)18(21)22/h2-8,17H,1H3,(H,19,20). The molecule has 0 aliphatic carbocycles. The third-order valence-electron chi connectivity index (χ3n) is 3.41. The molecule has 0 atom stereocenters. The maximum absolute atomic E-state index is 11.6. The number of carbonyl (C=O) groups is 1. The van der Waals surface area contributed by atoms with Crippen molar-refractivity contribution in [3.8, 4) is 0 Å². The summed E-state index contributed by atoms with van der Waals surface area (Å²) in [6.45, 7) is 1.93. The predicted octanol–water partition coefficient (Wildman–Crippen LogP) is 4.56. The Morgan fingerprint density at radius 1 is 1.26 bits per heavy atom. The predicted molar refractivity (Wildman–Crippen MR) is 89.9 cm³/mol. The lowest BCUT2D eigenvalue weighted by atomic mass is 10.1. The topological polar surface area (TPSA) is 92.5 Å². The number of thiophene rings is 1. The number of nitro benzene ring substituents is 1. The summed E-state index contributed by atoms with van der Waals surface area (Å²) in [6.07, 6.45) is 0. The lowest BCUT2D eigenvalue weighted by Gasteiger charge is -2.05. The summed E-state index contributed by atoms with van der Waals surface area (Å²) in [4.78, 5) is 22.2. The second-order valence-corrected chi connectivity index (χ2v) is 6.06. The van der Waals surface area contributed by atoms with Crippen molar-refractivity contribution in [3.63, 3.8) is 0 Å². The molecule has 0 radical (unpaired) electrons. The highest BCUT2D eigenvalue weighted by Gasteiger charge is 2.21. The SMILES string of the molecule is Cc1ccc2c(C(=O)O)c(Nc3ccccc3[N+](=O)[O-])sc2c1. The quantitative estimate of drug-likeness (QED) is 0.541. The molecule has 2 aromatic carbocycles. The van der Waals surface area contributed by atoms with E-state index in [0.29, 0.717) is 10.4 Å². The number of hydrogen-bond donors (Lipinski definition) is 2. The molecule has 0 spiro atoms. The number of carboxylic acid groups (broad SMARTS) is 1. The number of nitro groups is 1. The van der Waals surface area contributed by atoms with Gasteiger partial charge in [0.25, 0.3) is 5.69 Å². The number of nitrogens with zero attached hydrogens (tertiary/aromatic N) is 1. The molecule has 23 heavy (non-hydrogen) atoms. The summed E-state index contributed by atoms with van der Waals surface area (Å²) >= 11 is 1.27. The lowest BCUT2D eigenvalue weighted by molar-refractivity contribution is -0.383. The van der Waals surface area contributed by atoms with Gasteiger partial charge in [0, 0.05) is 16.2 Å². The average molecular weight is 328 g/mol. The molecule has 0 saturated carbocycles. The molecule has 6 nitrogen and oxygen atoms in total. The molecular weight excluding hydrogens is 316 g/mol. The van der Waals surface area contributed by atoms with Crippen LogP contribution >= 0.6 is 11.3 Å². The van der Waals surface area contributed by atoms with E-state index < -0.39 is 10.9 Å². The van der Waals surface area contributed by atoms with Crippen LogP contribution in [0.15, 0.2) is 42.5 Å². The first-order valence-corrected chi connectivity index (χ1v) is 7.56. The Kier molecular flexibility index (Phi) is 3.71. The zero-order chi connectivity index (χ0) is 16.6. The Hall–Kier alpha value is -2.93. The minimum atomic E-state index is -1.07. The van der Waals surface area contributed by atoms with Gasteiger partial charge >= 0.3 is 5.97 Å². The fourth-order valence-electron chi connectivity index (χ4n) is 2.37. The van der Waals surface area contributed by atoms with E-state index in [0.717, 1.165) is 10.3 Å². The summed E-state index contributed by atoms with van der Waals surface area (Å²) < 4.78 is 0.823. The maximum Gasteiger partial charge on any atom is 0.339 e. The Morgan fingerprint density at radius 3 is 2.70 bits per heavy atom. The average Bonchev–Trinajstić information content (AvgIpc) is 2.84. The van der Waals surface area contributed by atoms with Gasteiger partial charge in [-0.1, -0.05) is 24.3 Å². The molecule has 0 amide bonds. The molecular formula is C16H12N2O4S. The maximum atomic E-state index is 11.6. The number of anilines is 2. The van der Waals surface area contributed by atoms with Gasteiger partial charge in [-0.25, -0.2) is 4.79 Å². The van der Waals surface area contributed by atoms with Crippen LogP contribution in [0.3, 0.4) is 0 Å². The van der Waals surface area contributed by atoms with Gasteiger partial charge in [-0.05, 0) is 24.6 Å². The number of aromatic carboxylic acids is 1. The Labute approximate surface area is 135 Å². The van der Waals surface area contributed by atoms with Crippen molar-refractivity contribution in [1.29, 1.82) is 0 Å². The first-order chi connectivity index (χ1) is 11.0. The fraction of sp³-hybridized carbons (Fsp3) is 0.0625. The molecule has 116 valence electrons. The van der Waals surface area contributed by atoms with Crippen LogP contribution in [0.4, 0.5) is 16.4 Å². The van der Waals surface area contributed by atoms with E-state index >= 15 is 0 Å². The van der Waals surface area contributed by atoms with Gasteiger partial charge in [-0.2, -0.15) is 0 Å². The number of hydrogen-bond acceptors (Lipinski definition) is 5. The van der Waals surface area contributed by atoms with Crippen LogP contribution in [0.1, 0.15) is 15.9 Å². The largest absolute Gasteiger partial charge is 0.478 e. The zero-order valence-corrected chi connectivity index (χ0v) is 12.9. The summed E-state index contributed by atoms with van der Waals surface area (Å²) in [6, 6.07) is 11.7. The molecule has 3 aromatic rings. The molecule has 0 bridgehead atoms. The van der Waals surface area contributed by atoms with Gasteiger partial charge < -0.3 is 10.4 Å². The molecule has 2 N–H and O–H groups in total. The second kappa shape index (κ2) is 5.69. The lowest BCUT2D eigenvalue weighted by Crippen LogP contribution is -2.01. The van der Waals surface area contributed by atoms with E-state index in [1.165, 1.54) is 17.4 Å². The van der Waals surface area contributed by atoms with E-state index in [-0.39, 0.29) is 16.9 Å². The molecule has 0 fully saturated rings. The monoisotopic (exact) mass is 328 g/mol. The van der Waals surface area contributed by atoms with Gasteiger partial charge in [0.1, 0.15) is 16.3 Å².